The van der Waals surface area contributed by atoms with Gasteiger partial charge in [0, 0.05) is 11.0 Å². The molecule has 0 spiro atoms. The van der Waals surface area contributed by atoms with Crippen molar-refractivity contribution in [2.24, 2.45) is 5.73 Å². The normalized spacial score (nSPS) is 12.2. The highest BCUT2D eigenvalue weighted by Crippen LogP contribution is 2.32. The van der Waals surface area contributed by atoms with Crippen LogP contribution in [0.2, 0.25) is 0 Å². The van der Waals surface area contributed by atoms with Crippen LogP contribution < -0.4 is 10.5 Å². The van der Waals surface area contributed by atoms with Crippen molar-refractivity contribution in [2.75, 3.05) is 13.7 Å². The standard InChI is InChI=1S/C11H14BrNO3/c1-6-3-7(16-2)4-8(10(6)12)9(5-13)11(14)15/h3-4,9H,5,13H2,1-2H3,(H,14,15). The summed E-state index contributed by atoms with van der Waals surface area (Å²) in [6.45, 7) is 1.94. The summed E-state index contributed by atoms with van der Waals surface area (Å²) in [5.74, 6) is -1.02. The maximum Gasteiger partial charge on any atom is 0.312 e. The Kier molecular flexibility index (Phi) is 4.32. The molecule has 16 heavy (non-hydrogen) atoms. The van der Waals surface area contributed by atoms with E-state index in [1.807, 2.05) is 13.0 Å². The molecule has 0 fully saturated rings. The molecule has 0 heterocycles. The third-order valence-corrected chi connectivity index (χ3v) is 3.48. The summed E-state index contributed by atoms with van der Waals surface area (Å²) < 4.78 is 5.88. The molecule has 4 nitrogen and oxygen atoms in total. The molecule has 0 aromatic heterocycles. The summed E-state index contributed by atoms with van der Waals surface area (Å²) in [5.41, 5.74) is 7.04. The number of carboxylic acid groups (broad SMARTS) is 1. The lowest BCUT2D eigenvalue weighted by atomic mass is 9.97. The average molecular weight is 288 g/mol. The minimum atomic E-state index is -0.934. The average Bonchev–Trinajstić information content (AvgIpc) is 2.24. The van der Waals surface area contributed by atoms with Gasteiger partial charge in [-0.25, -0.2) is 0 Å². The Labute approximate surface area is 103 Å². The molecule has 1 aromatic carbocycles. The first-order valence-electron chi connectivity index (χ1n) is 4.78. The van der Waals surface area contributed by atoms with Crippen molar-refractivity contribution in [1.29, 1.82) is 0 Å². The maximum absolute atomic E-state index is 11.1. The number of carbonyl (C=O) groups is 1. The van der Waals surface area contributed by atoms with Crippen LogP contribution in [0.4, 0.5) is 0 Å². The first kappa shape index (κ1) is 13.0. The van der Waals surface area contributed by atoms with E-state index in [2.05, 4.69) is 15.9 Å². The molecule has 1 atom stereocenters. The topological polar surface area (TPSA) is 72.5 Å². The van der Waals surface area contributed by atoms with Crippen molar-refractivity contribution in [3.8, 4) is 5.75 Å². The largest absolute Gasteiger partial charge is 0.497 e. The SMILES string of the molecule is COc1cc(C)c(Br)c(C(CN)C(=O)O)c1. The van der Waals surface area contributed by atoms with E-state index in [-0.39, 0.29) is 6.54 Å². The molecule has 0 amide bonds. The summed E-state index contributed by atoms with van der Waals surface area (Å²) in [6.07, 6.45) is 0. The lowest BCUT2D eigenvalue weighted by Gasteiger charge is -2.15. The number of carboxylic acids is 1. The third-order valence-electron chi connectivity index (χ3n) is 2.40. The van der Waals surface area contributed by atoms with E-state index in [1.165, 1.54) is 0 Å². The fourth-order valence-corrected chi connectivity index (χ4v) is 2.00. The monoisotopic (exact) mass is 287 g/mol. The van der Waals surface area contributed by atoms with E-state index in [0.29, 0.717) is 11.3 Å². The van der Waals surface area contributed by atoms with Gasteiger partial charge in [-0.1, -0.05) is 15.9 Å². The molecule has 3 N–H and O–H groups in total. The van der Waals surface area contributed by atoms with Gasteiger partial charge in [0.2, 0.25) is 0 Å². The molecule has 0 aliphatic carbocycles. The van der Waals surface area contributed by atoms with Crippen molar-refractivity contribution in [3.63, 3.8) is 0 Å². The minimum absolute atomic E-state index is 0.0561. The first-order chi connectivity index (χ1) is 7.51. The Balaban J connectivity index is 3.30. The van der Waals surface area contributed by atoms with Crippen LogP contribution in [0.25, 0.3) is 0 Å². The molecule has 0 aliphatic heterocycles. The molecular weight excluding hydrogens is 274 g/mol. The van der Waals surface area contributed by atoms with Crippen molar-refractivity contribution in [1.82, 2.24) is 0 Å². The second-order valence-corrected chi connectivity index (χ2v) is 4.27. The van der Waals surface area contributed by atoms with Gasteiger partial charge >= 0.3 is 5.97 Å². The Morgan fingerprint density at radius 1 is 1.62 bits per heavy atom. The second-order valence-electron chi connectivity index (χ2n) is 3.47. The van der Waals surface area contributed by atoms with Gasteiger partial charge in [-0.05, 0) is 30.2 Å². The number of aliphatic carboxylic acids is 1. The number of benzene rings is 1. The van der Waals surface area contributed by atoms with Gasteiger partial charge in [0.1, 0.15) is 5.75 Å². The van der Waals surface area contributed by atoms with Gasteiger partial charge in [0.15, 0.2) is 0 Å². The highest BCUT2D eigenvalue weighted by Gasteiger charge is 2.22. The van der Waals surface area contributed by atoms with Gasteiger partial charge in [-0.3, -0.25) is 4.79 Å². The Bertz CT molecular complexity index is 406. The number of aryl methyl sites for hydroxylation is 1. The maximum atomic E-state index is 11.1. The summed E-state index contributed by atoms with van der Waals surface area (Å²) in [7, 11) is 1.55. The predicted molar refractivity (Wildman–Crippen MR) is 64.9 cm³/mol. The molecule has 88 valence electrons. The van der Waals surface area contributed by atoms with Crippen LogP contribution in [0.15, 0.2) is 16.6 Å². The van der Waals surface area contributed by atoms with Crippen molar-refractivity contribution in [3.05, 3.63) is 27.7 Å². The van der Waals surface area contributed by atoms with Gasteiger partial charge in [-0.15, -0.1) is 0 Å². The van der Waals surface area contributed by atoms with E-state index in [9.17, 15) is 4.79 Å². The number of hydrogen-bond acceptors (Lipinski definition) is 3. The zero-order chi connectivity index (χ0) is 12.3. The van der Waals surface area contributed by atoms with Crippen molar-refractivity contribution in [2.45, 2.75) is 12.8 Å². The Morgan fingerprint density at radius 3 is 2.69 bits per heavy atom. The molecule has 1 aromatic rings. The van der Waals surface area contributed by atoms with Crippen LogP contribution in [0.1, 0.15) is 17.0 Å². The van der Waals surface area contributed by atoms with Crippen LogP contribution in [0, 0.1) is 6.92 Å². The first-order valence-corrected chi connectivity index (χ1v) is 5.57. The molecule has 5 heteroatoms. The number of methoxy groups -OCH3 is 1. The van der Waals surface area contributed by atoms with E-state index in [4.69, 9.17) is 15.6 Å². The van der Waals surface area contributed by atoms with Crippen LogP contribution in [-0.2, 0) is 4.79 Å². The van der Waals surface area contributed by atoms with Gasteiger partial charge in [-0.2, -0.15) is 0 Å². The van der Waals surface area contributed by atoms with Gasteiger partial charge in [0.25, 0.3) is 0 Å². The second kappa shape index (κ2) is 5.32. The fraction of sp³-hybridized carbons (Fsp3) is 0.364. The van der Waals surface area contributed by atoms with Crippen LogP contribution in [0.3, 0.4) is 0 Å². The van der Waals surface area contributed by atoms with Crippen molar-refractivity contribution >= 4 is 21.9 Å². The van der Waals surface area contributed by atoms with Gasteiger partial charge in [0.05, 0.1) is 13.0 Å². The predicted octanol–water partition coefficient (Wildman–Crippen LogP) is 1.89. The van der Waals surface area contributed by atoms with Crippen molar-refractivity contribution < 1.29 is 14.6 Å². The van der Waals surface area contributed by atoms with E-state index < -0.39 is 11.9 Å². The van der Waals surface area contributed by atoms with E-state index >= 15 is 0 Å². The zero-order valence-electron chi connectivity index (χ0n) is 9.16. The van der Waals surface area contributed by atoms with E-state index in [0.717, 1.165) is 10.0 Å². The molecule has 1 rings (SSSR count). The molecule has 0 aliphatic rings. The third kappa shape index (κ3) is 2.54. The number of halogens is 1. The van der Waals surface area contributed by atoms with Crippen LogP contribution >= 0.6 is 15.9 Å². The minimum Gasteiger partial charge on any atom is -0.497 e. The number of nitrogens with two attached hydrogens (primary N) is 1. The lowest BCUT2D eigenvalue weighted by molar-refractivity contribution is -0.138. The van der Waals surface area contributed by atoms with Crippen LogP contribution in [0.5, 0.6) is 5.75 Å². The summed E-state index contributed by atoms with van der Waals surface area (Å²) in [6, 6.07) is 3.53. The smallest absolute Gasteiger partial charge is 0.312 e. The van der Waals surface area contributed by atoms with Gasteiger partial charge < -0.3 is 15.6 Å². The Morgan fingerprint density at radius 2 is 2.25 bits per heavy atom. The highest BCUT2D eigenvalue weighted by molar-refractivity contribution is 9.10. The fourth-order valence-electron chi connectivity index (χ4n) is 1.49. The summed E-state index contributed by atoms with van der Waals surface area (Å²) in [4.78, 5) is 11.1. The zero-order valence-corrected chi connectivity index (χ0v) is 10.7. The molecular formula is C11H14BrNO3. The molecule has 0 saturated carbocycles. The molecule has 1 unspecified atom stereocenters. The van der Waals surface area contributed by atoms with Crippen LogP contribution in [-0.4, -0.2) is 24.7 Å². The quantitative estimate of drug-likeness (QED) is 0.887. The summed E-state index contributed by atoms with van der Waals surface area (Å²) >= 11 is 3.38. The molecule has 0 bridgehead atoms. The Hall–Kier alpha value is -1.07. The summed E-state index contributed by atoms with van der Waals surface area (Å²) in [5, 5.41) is 9.06. The highest BCUT2D eigenvalue weighted by atomic mass is 79.9. The number of ether oxygens (including phenoxy) is 1. The van der Waals surface area contributed by atoms with E-state index in [1.54, 1.807) is 13.2 Å². The number of rotatable bonds is 4. The molecule has 0 saturated heterocycles. The lowest BCUT2D eigenvalue weighted by Crippen LogP contribution is -2.21. The molecule has 0 radical (unpaired) electrons. The number of hydrogen-bond donors (Lipinski definition) is 2.